The number of nitrogens with one attached hydrogen (secondary N) is 1. The summed E-state index contributed by atoms with van der Waals surface area (Å²) in [6.45, 7) is 2.48. The average Bonchev–Trinajstić information content (AvgIpc) is 3.19. The van der Waals surface area contributed by atoms with E-state index >= 15 is 0 Å². The van der Waals surface area contributed by atoms with Crippen molar-refractivity contribution in [2.75, 3.05) is 0 Å². The van der Waals surface area contributed by atoms with Gasteiger partial charge in [-0.2, -0.15) is 0 Å². The van der Waals surface area contributed by atoms with Gasteiger partial charge in [0.25, 0.3) is 5.91 Å². The van der Waals surface area contributed by atoms with Gasteiger partial charge in [0.2, 0.25) is 0 Å². The van der Waals surface area contributed by atoms with E-state index in [1.165, 1.54) is 5.56 Å². The van der Waals surface area contributed by atoms with Gasteiger partial charge in [-0.3, -0.25) is 9.20 Å². The highest BCUT2D eigenvalue weighted by Crippen LogP contribution is 2.28. The van der Waals surface area contributed by atoms with Crippen LogP contribution < -0.4 is 5.32 Å². The molecule has 4 rings (SSSR count). The predicted molar refractivity (Wildman–Crippen MR) is 106 cm³/mol. The van der Waals surface area contributed by atoms with Crippen LogP contribution in [0.15, 0.2) is 60.9 Å². The molecule has 0 bridgehead atoms. The first kappa shape index (κ1) is 16.8. The lowest BCUT2D eigenvalue weighted by molar-refractivity contribution is 0.0946. The van der Waals surface area contributed by atoms with Crippen molar-refractivity contribution in [1.29, 1.82) is 0 Å². The SMILES string of the molecule is Cc1ccc(-c2cn3cc(C(=O)NCc4cccc(Cl)c4)nc3s2)cc1. The molecule has 6 heteroatoms. The largest absolute Gasteiger partial charge is 0.347 e. The Bertz CT molecular complexity index is 1050. The first-order valence-electron chi connectivity index (χ1n) is 8.17. The Labute approximate surface area is 160 Å². The van der Waals surface area contributed by atoms with E-state index in [2.05, 4.69) is 41.5 Å². The molecular weight excluding hydrogens is 366 g/mol. The topological polar surface area (TPSA) is 46.4 Å². The maximum Gasteiger partial charge on any atom is 0.271 e. The Balaban J connectivity index is 1.49. The van der Waals surface area contributed by atoms with Crippen LogP contribution in [-0.2, 0) is 6.54 Å². The minimum atomic E-state index is -0.197. The molecule has 130 valence electrons. The fourth-order valence-electron chi connectivity index (χ4n) is 2.68. The number of nitrogens with zero attached hydrogens (tertiary/aromatic N) is 2. The van der Waals surface area contributed by atoms with Crippen LogP contribution in [0.1, 0.15) is 21.6 Å². The minimum Gasteiger partial charge on any atom is -0.347 e. The summed E-state index contributed by atoms with van der Waals surface area (Å²) >= 11 is 7.53. The molecule has 26 heavy (non-hydrogen) atoms. The summed E-state index contributed by atoms with van der Waals surface area (Å²) in [7, 11) is 0. The molecule has 0 fully saturated rings. The Morgan fingerprint density at radius 2 is 2.00 bits per heavy atom. The van der Waals surface area contributed by atoms with Crippen LogP contribution in [0.5, 0.6) is 0 Å². The first-order chi connectivity index (χ1) is 12.6. The molecule has 2 heterocycles. The lowest BCUT2D eigenvalue weighted by Crippen LogP contribution is -2.23. The number of amides is 1. The van der Waals surface area contributed by atoms with Crippen molar-refractivity contribution in [3.63, 3.8) is 0 Å². The van der Waals surface area contributed by atoms with E-state index in [9.17, 15) is 4.79 Å². The van der Waals surface area contributed by atoms with Gasteiger partial charge in [-0.15, -0.1) is 0 Å². The second-order valence-electron chi connectivity index (χ2n) is 6.09. The van der Waals surface area contributed by atoms with Crippen LogP contribution in [0.4, 0.5) is 0 Å². The quantitative estimate of drug-likeness (QED) is 0.543. The van der Waals surface area contributed by atoms with E-state index in [0.717, 1.165) is 21.0 Å². The smallest absolute Gasteiger partial charge is 0.271 e. The number of carbonyl (C=O) groups is 1. The van der Waals surface area contributed by atoms with Gasteiger partial charge in [-0.05, 0) is 30.2 Å². The molecule has 0 aliphatic rings. The summed E-state index contributed by atoms with van der Waals surface area (Å²) in [5.41, 5.74) is 3.74. The van der Waals surface area contributed by atoms with Gasteiger partial charge >= 0.3 is 0 Å². The Morgan fingerprint density at radius 1 is 1.19 bits per heavy atom. The number of rotatable bonds is 4. The molecule has 0 saturated carbocycles. The Morgan fingerprint density at radius 3 is 2.73 bits per heavy atom. The maximum absolute atomic E-state index is 12.3. The van der Waals surface area contributed by atoms with Crippen molar-refractivity contribution in [3.05, 3.63) is 82.8 Å². The fourth-order valence-corrected chi connectivity index (χ4v) is 3.86. The Kier molecular flexibility index (Phi) is 4.49. The van der Waals surface area contributed by atoms with E-state index < -0.39 is 0 Å². The molecule has 2 aromatic carbocycles. The van der Waals surface area contributed by atoms with E-state index in [0.29, 0.717) is 17.3 Å². The molecule has 0 spiro atoms. The summed E-state index contributed by atoms with van der Waals surface area (Å²) in [6.07, 6.45) is 3.77. The van der Waals surface area contributed by atoms with Crippen molar-refractivity contribution in [2.45, 2.75) is 13.5 Å². The molecule has 0 saturated heterocycles. The van der Waals surface area contributed by atoms with Crippen molar-refractivity contribution < 1.29 is 4.79 Å². The standard InChI is InChI=1S/C20H16ClN3OS/c1-13-5-7-15(8-6-13)18-12-24-11-17(23-20(24)26-18)19(25)22-10-14-3-2-4-16(21)9-14/h2-9,11-12H,10H2,1H3,(H,22,25). The third-order valence-corrected chi connectivity index (χ3v) is 5.35. The lowest BCUT2D eigenvalue weighted by Gasteiger charge is -2.03. The van der Waals surface area contributed by atoms with Crippen LogP contribution in [0.25, 0.3) is 15.4 Å². The van der Waals surface area contributed by atoms with E-state index in [-0.39, 0.29) is 5.91 Å². The molecule has 0 atom stereocenters. The molecule has 1 amide bonds. The van der Waals surface area contributed by atoms with Crippen LogP contribution in [0.2, 0.25) is 5.02 Å². The van der Waals surface area contributed by atoms with Crippen molar-refractivity contribution >= 4 is 33.8 Å². The van der Waals surface area contributed by atoms with Gasteiger partial charge in [0, 0.05) is 24.0 Å². The predicted octanol–water partition coefficient (Wildman–Crippen LogP) is 4.95. The number of thiazole rings is 1. The van der Waals surface area contributed by atoms with Gasteiger partial charge in [0.1, 0.15) is 5.69 Å². The molecule has 4 nitrogen and oxygen atoms in total. The van der Waals surface area contributed by atoms with Crippen LogP contribution in [0, 0.1) is 6.92 Å². The molecule has 0 radical (unpaired) electrons. The molecular formula is C20H16ClN3OS. The Hall–Kier alpha value is -2.63. The zero-order valence-corrected chi connectivity index (χ0v) is 15.6. The first-order valence-corrected chi connectivity index (χ1v) is 9.36. The van der Waals surface area contributed by atoms with Crippen LogP contribution in [-0.4, -0.2) is 15.3 Å². The molecule has 1 N–H and O–H groups in total. The molecule has 0 aliphatic heterocycles. The second-order valence-corrected chi connectivity index (χ2v) is 7.54. The van der Waals surface area contributed by atoms with Crippen LogP contribution >= 0.6 is 22.9 Å². The summed E-state index contributed by atoms with van der Waals surface area (Å²) in [6, 6.07) is 15.8. The molecule has 0 aliphatic carbocycles. The highest BCUT2D eigenvalue weighted by atomic mass is 35.5. The van der Waals surface area contributed by atoms with Crippen LogP contribution in [0.3, 0.4) is 0 Å². The monoisotopic (exact) mass is 381 g/mol. The minimum absolute atomic E-state index is 0.197. The number of hydrogen-bond donors (Lipinski definition) is 1. The van der Waals surface area contributed by atoms with Gasteiger partial charge < -0.3 is 5.32 Å². The molecule has 4 aromatic rings. The van der Waals surface area contributed by atoms with E-state index in [1.54, 1.807) is 17.5 Å². The number of hydrogen-bond acceptors (Lipinski definition) is 3. The van der Waals surface area contributed by atoms with Gasteiger partial charge in [-0.1, -0.05) is 64.9 Å². The van der Waals surface area contributed by atoms with E-state index in [1.807, 2.05) is 34.9 Å². The number of imidazole rings is 1. The number of halogens is 1. The van der Waals surface area contributed by atoms with E-state index in [4.69, 9.17) is 11.6 Å². The van der Waals surface area contributed by atoms with Gasteiger partial charge in [0.05, 0.1) is 4.88 Å². The summed E-state index contributed by atoms with van der Waals surface area (Å²) in [5.74, 6) is -0.197. The highest BCUT2D eigenvalue weighted by Gasteiger charge is 2.13. The summed E-state index contributed by atoms with van der Waals surface area (Å²) < 4.78 is 1.90. The van der Waals surface area contributed by atoms with Gasteiger partial charge in [-0.25, -0.2) is 4.98 Å². The number of aromatic nitrogens is 2. The summed E-state index contributed by atoms with van der Waals surface area (Å²) in [4.78, 5) is 18.7. The number of benzene rings is 2. The number of fused-ring (bicyclic) bond motifs is 1. The van der Waals surface area contributed by atoms with Crippen molar-refractivity contribution in [3.8, 4) is 10.4 Å². The number of carbonyl (C=O) groups excluding carboxylic acids is 1. The normalized spacial score (nSPS) is 11.0. The average molecular weight is 382 g/mol. The van der Waals surface area contributed by atoms with Gasteiger partial charge in [0.15, 0.2) is 4.96 Å². The summed E-state index contributed by atoms with van der Waals surface area (Å²) in [5, 5.41) is 3.53. The lowest BCUT2D eigenvalue weighted by atomic mass is 10.1. The third-order valence-electron chi connectivity index (χ3n) is 4.07. The zero-order chi connectivity index (χ0) is 18.1. The maximum atomic E-state index is 12.3. The molecule has 2 aromatic heterocycles. The second kappa shape index (κ2) is 6.94. The highest BCUT2D eigenvalue weighted by molar-refractivity contribution is 7.20. The van der Waals surface area contributed by atoms with Crippen molar-refractivity contribution in [1.82, 2.24) is 14.7 Å². The number of aryl methyl sites for hydroxylation is 1. The molecule has 0 unspecified atom stereocenters. The zero-order valence-electron chi connectivity index (χ0n) is 14.1. The van der Waals surface area contributed by atoms with Crippen molar-refractivity contribution in [2.24, 2.45) is 0 Å². The fraction of sp³-hybridized carbons (Fsp3) is 0.100. The third kappa shape index (κ3) is 3.49.